The molecule has 19 heavy (non-hydrogen) atoms. The molecule has 0 spiro atoms. The number of hydrogen-bond acceptors (Lipinski definition) is 2. The van der Waals surface area contributed by atoms with Gasteiger partial charge in [0.1, 0.15) is 16.6 Å². The first kappa shape index (κ1) is 13.5. The lowest BCUT2D eigenvalue weighted by Gasteiger charge is -2.11. The van der Waals surface area contributed by atoms with Gasteiger partial charge in [-0.05, 0) is 12.1 Å². The Morgan fingerprint density at radius 2 is 2.00 bits per heavy atom. The van der Waals surface area contributed by atoms with Crippen LogP contribution in [0.1, 0.15) is 6.55 Å². The third-order valence-electron chi connectivity index (χ3n) is 2.63. The number of hydrogen-bond donors (Lipinski definition) is 1. The highest BCUT2D eigenvalue weighted by Crippen LogP contribution is 2.32. The summed E-state index contributed by atoms with van der Waals surface area (Å²) in [6.45, 7) is -3.06. The first-order chi connectivity index (χ1) is 8.84. The second kappa shape index (κ2) is 4.65. The minimum Gasteiger partial charge on any atom is -0.508 e. The van der Waals surface area contributed by atoms with Gasteiger partial charge in [-0.25, -0.2) is 13.8 Å². The second-order valence-corrected chi connectivity index (χ2v) is 4.16. The molecule has 0 saturated heterocycles. The molecule has 1 aromatic carbocycles. The van der Waals surface area contributed by atoms with Crippen molar-refractivity contribution in [3.8, 4) is 17.0 Å². The van der Waals surface area contributed by atoms with E-state index in [1.807, 2.05) is 0 Å². The van der Waals surface area contributed by atoms with E-state index in [0.29, 0.717) is 9.36 Å². The number of aromatic nitrogens is 2. The van der Waals surface area contributed by atoms with Gasteiger partial charge in [-0.2, -0.15) is 8.78 Å². The van der Waals surface area contributed by atoms with Crippen LogP contribution < -0.4 is 5.56 Å². The third kappa shape index (κ3) is 2.10. The molecule has 1 aromatic heterocycles. The Kier molecular flexibility index (Phi) is 3.32. The van der Waals surface area contributed by atoms with Gasteiger partial charge in [0.05, 0.1) is 5.69 Å². The summed E-state index contributed by atoms with van der Waals surface area (Å²) in [6, 6.07) is 2.94. The molecule has 8 heteroatoms. The van der Waals surface area contributed by atoms with E-state index in [4.69, 9.17) is 16.7 Å². The van der Waals surface area contributed by atoms with Crippen LogP contribution in [0.4, 0.5) is 13.2 Å². The zero-order valence-corrected chi connectivity index (χ0v) is 10.3. The number of halogens is 4. The summed E-state index contributed by atoms with van der Waals surface area (Å²) < 4.78 is 40.5. The van der Waals surface area contributed by atoms with Gasteiger partial charge < -0.3 is 5.11 Å². The van der Waals surface area contributed by atoms with Crippen LogP contribution in [0, 0.1) is 5.82 Å². The van der Waals surface area contributed by atoms with Crippen molar-refractivity contribution in [1.29, 1.82) is 0 Å². The van der Waals surface area contributed by atoms with E-state index >= 15 is 0 Å². The zero-order chi connectivity index (χ0) is 14.3. The topological polar surface area (TPSA) is 47.2 Å². The molecule has 2 aromatic rings. The average Bonchev–Trinajstić information content (AvgIpc) is 2.54. The summed E-state index contributed by atoms with van der Waals surface area (Å²) in [4.78, 5) is 11.6. The minimum absolute atomic E-state index is 0.291. The first-order valence-electron chi connectivity index (χ1n) is 5.08. The van der Waals surface area contributed by atoms with E-state index in [2.05, 4.69) is 0 Å². The lowest BCUT2D eigenvalue weighted by Crippen LogP contribution is -2.20. The largest absolute Gasteiger partial charge is 0.508 e. The van der Waals surface area contributed by atoms with E-state index in [9.17, 15) is 18.0 Å². The molecular weight excluding hydrogens is 285 g/mol. The van der Waals surface area contributed by atoms with Crippen LogP contribution in [-0.2, 0) is 7.05 Å². The van der Waals surface area contributed by atoms with Crippen LogP contribution in [0.5, 0.6) is 5.75 Å². The number of phenols is 1. The first-order valence-corrected chi connectivity index (χ1v) is 5.46. The molecule has 0 saturated carbocycles. The van der Waals surface area contributed by atoms with Crippen LogP contribution in [0.25, 0.3) is 11.3 Å². The van der Waals surface area contributed by atoms with Crippen molar-refractivity contribution in [2.75, 3.05) is 0 Å². The summed E-state index contributed by atoms with van der Waals surface area (Å²) in [5, 5.41) is 8.59. The van der Waals surface area contributed by atoms with Crippen molar-refractivity contribution >= 4 is 11.6 Å². The van der Waals surface area contributed by atoms with Crippen LogP contribution >= 0.6 is 11.6 Å². The van der Waals surface area contributed by atoms with Crippen molar-refractivity contribution in [3.63, 3.8) is 0 Å². The SMILES string of the molecule is Cn1c(=O)c(Cl)c(-c2ccc(O)cc2F)n1C(F)F. The highest BCUT2D eigenvalue weighted by atomic mass is 35.5. The number of nitrogens with zero attached hydrogens (tertiary/aromatic N) is 2. The van der Waals surface area contributed by atoms with Gasteiger partial charge in [0.2, 0.25) is 0 Å². The third-order valence-corrected chi connectivity index (χ3v) is 2.98. The molecule has 0 aliphatic heterocycles. The molecular formula is C11H8ClF3N2O2. The highest BCUT2D eigenvalue weighted by molar-refractivity contribution is 6.33. The molecule has 2 rings (SSSR count). The standard InChI is InChI=1S/C11H8ClF3N2O2/c1-16-10(19)8(12)9(17(16)11(14)15)6-3-2-5(18)4-7(6)13/h2-4,11,18H,1H3. The van der Waals surface area contributed by atoms with Crippen molar-refractivity contribution in [2.24, 2.45) is 7.05 Å². The van der Waals surface area contributed by atoms with Gasteiger partial charge in [0.25, 0.3) is 5.56 Å². The fourth-order valence-corrected chi connectivity index (χ4v) is 2.07. The second-order valence-electron chi connectivity index (χ2n) is 3.78. The molecule has 102 valence electrons. The Balaban J connectivity index is 2.82. The maximum absolute atomic E-state index is 13.7. The molecule has 1 heterocycles. The maximum Gasteiger partial charge on any atom is 0.332 e. The number of phenolic OH excluding ortho intramolecular Hbond substituents is 1. The van der Waals surface area contributed by atoms with Gasteiger partial charge in [-0.15, -0.1) is 0 Å². The highest BCUT2D eigenvalue weighted by Gasteiger charge is 2.25. The van der Waals surface area contributed by atoms with E-state index in [-0.39, 0.29) is 11.3 Å². The van der Waals surface area contributed by atoms with E-state index in [0.717, 1.165) is 25.2 Å². The molecule has 0 bridgehead atoms. The fourth-order valence-electron chi connectivity index (χ4n) is 1.76. The van der Waals surface area contributed by atoms with Crippen molar-refractivity contribution in [3.05, 3.63) is 39.4 Å². The Morgan fingerprint density at radius 3 is 2.53 bits per heavy atom. The Bertz CT molecular complexity index is 694. The van der Waals surface area contributed by atoms with E-state index in [1.54, 1.807) is 0 Å². The van der Waals surface area contributed by atoms with Crippen LogP contribution in [0.3, 0.4) is 0 Å². The molecule has 0 amide bonds. The maximum atomic E-state index is 13.7. The van der Waals surface area contributed by atoms with E-state index < -0.39 is 28.6 Å². The number of rotatable bonds is 2. The number of aromatic hydroxyl groups is 1. The van der Waals surface area contributed by atoms with Gasteiger partial charge in [0.15, 0.2) is 0 Å². The van der Waals surface area contributed by atoms with Gasteiger partial charge in [-0.1, -0.05) is 11.6 Å². The molecule has 0 aliphatic rings. The summed E-state index contributed by atoms with van der Waals surface area (Å²) in [5.41, 5.74) is -1.58. The van der Waals surface area contributed by atoms with Crippen molar-refractivity contribution < 1.29 is 18.3 Å². The van der Waals surface area contributed by atoms with Crippen LogP contribution in [0.2, 0.25) is 5.02 Å². The predicted molar refractivity (Wildman–Crippen MR) is 63.0 cm³/mol. The smallest absolute Gasteiger partial charge is 0.332 e. The molecule has 0 aliphatic carbocycles. The molecule has 0 radical (unpaired) electrons. The van der Waals surface area contributed by atoms with Gasteiger partial charge in [-0.3, -0.25) is 4.79 Å². The monoisotopic (exact) mass is 292 g/mol. The Hall–Kier alpha value is -1.89. The normalized spacial score (nSPS) is 11.3. The average molecular weight is 293 g/mol. The van der Waals surface area contributed by atoms with Crippen molar-refractivity contribution in [2.45, 2.75) is 6.55 Å². The zero-order valence-electron chi connectivity index (χ0n) is 9.57. The summed E-state index contributed by atoms with van der Waals surface area (Å²) >= 11 is 5.69. The molecule has 0 unspecified atom stereocenters. The summed E-state index contributed by atoms with van der Waals surface area (Å²) in [5.74, 6) is -1.32. The molecule has 0 atom stereocenters. The van der Waals surface area contributed by atoms with Crippen molar-refractivity contribution in [1.82, 2.24) is 9.36 Å². The quantitative estimate of drug-likeness (QED) is 0.925. The Morgan fingerprint density at radius 1 is 1.37 bits per heavy atom. The predicted octanol–water partition coefficient (Wildman–Crippen LogP) is 2.75. The molecule has 4 nitrogen and oxygen atoms in total. The van der Waals surface area contributed by atoms with Crippen LogP contribution in [-0.4, -0.2) is 14.5 Å². The number of benzene rings is 1. The molecule has 1 N–H and O–H groups in total. The van der Waals surface area contributed by atoms with Crippen LogP contribution in [0.15, 0.2) is 23.0 Å². The van der Waals surface area contributed by atoms with Gasteiger partial charge >= 0.3 is 6.55 Å². The van der Waals surface area contributed by atoms with E-state index in [1.165, 1.54) is 0 Å². The lowest BCUT2D eigenvalue weighted by molar-refractivity contribution is 0.0463. The summed E-state index contributed by atoms with van der Waals surface area (Å²) in [7, 11) is 1.10. The summed E-state index contributed by atoms with van der Waals surface area (Å²) in [6.07, 6.45) is 0. The number of alkyl halides is 2. The fraction of sp³-hybridized carbons (Fsp3) is 0.182. The minimum atomic E-state index is -3.06. The van der Waals surface area contributed by atoms with Gasteiger partial charge in [0, 0.05) is 18.7 Å². The molecule has 0 fully saturated rings. The lowest BCUT2D eigenvalue weighted by atomic mass is 10.1. The Labute approximate surface area is 110 Å².